The topological polar surface area (TPSA) is 85.1 Å². The summed E-state index contributed by atoms with van der Waals surface area (Å²) in [5.74, 6) is -0.675. The number of nitrogen functional groups attached to an aromatic ring is 1. The molecule has 0 bridgehead atoms. The van der Waals surface area contributed by atoms with Crippen molar-refractivity contribution in [2.24, 2.45) is 0 Å². The van der Waals surface area contributed by atoms with E-state index in [1.807, 2.05) is 0 Å². The maximum absolute atomic E-state index is 12.6. The molecule has 0 saturated heterocycles. The second-order valence-corrected chi connectivity index (χ2v) is 5.68. The van der Waals surface area contributed by atoms with Crippen LogP contribution in [0.3, 0.4) is 0 Å². The summed E-state index contributed by atoms with van der Waals surface area (Å²) in [5.41, 5.74) is 7.01. The molecule has 100 valence electrons. The van der Waals surface area contributed by atoms with Crippen LogP contribution >= 0.6 is 0 Å². The minimum absolute atomic E-state index is 0.0866. The minimum atomic E-state index is -3.73. The van der Waals surface area contributed by atoms with Gasteiger partial charge in [-0.3, -0.25) is 4.72 Å². The number of pyridine rings is 1. The van der Waals surface area contributed by atoms with Crippen LogP contribution in [0.1, 0.15) is 5.56 Å². The molecule has 1 aromatic carbocycles. The molecule has 1 aromatic heterocycles. The highest BCUT2D eigenvalue weighted by Crippen LogP contribution is 2.19. The number of aromatic nitrogens is 1. The van der Waals surface area contributed by atoms with Crippen molar-refractivity contribution in [3.8, 4) is 0 Å². The van der Waals surface area contributed by atoms with Crippen molar-refractivity contribution >= 4 is 21.4 Å². The summed E-state index contributed by atoms with van der Waals surface area (Å²) >= 11 is 0. The summed E-state index contributed by atoms with van der Waals surface area (Å²) in [4.78, 5) is 3.46. The zero-order valence-corrected chi connectivity index (χ0v) is 10.9. The molecule has 1 heterocycles. The number of nitrogens with one attached hydrogen (secondary N) is 1. The Hall–Kier alpha value is -2.15. The maximum Gasteiger partial charge on any atom is 0.261 e. The molecule has 0 amide bonds. The molecule has 19 heavy (non-hydrogen) atoms. The molecule has 7 heteroatoms. The Kier molecular flexibility index (Phi) is 3.39. The van der Waals surface area contributed by atoms with E-state index in [9.17, 15) is 12.8 Å². The Morgan fingerprint density at radius 3 is 2.58 bits per heavy atom. The van der Waals surface area contributed by atoms with Gasteiger partial charge in [-0.15, -0.1) is 0 Å². The average Bonchev–Trinajstić information content (AvgIpc) is 2.35. The molecule has 0 fully saturated rings. The molecular weight excluding hydrogens is 269 g/mol. The molecule has 0 radical (unpaired) electrons. The molecular formula is C12H12FN3O2S. The number of sulfonamides is 1. The van der Waals surface area contributed by atoms with Gasteiger partial charge >= 0.3 is 0 Å². The van der Waals surface area contributed by atoms with Crippen LogP contribution in [0, 0.1) is 12.9 Å². The van der Waals surface area contributed by atoms with Gasteiger partial charge in [0.15, 0.2) is 0 Å². The fourth-order valence-electron chi connectivity index (χ4n) is 1.47. The highest BCUT2D eigenvalue weighted by molar-refractivity contribution is 7.92. The first-order valence-electron chi connectivity index (χ1n) is 5.39. The summed E-state index contributed by atoms with van der Waals surface area (Å²) in [7, 11) is -3.73. The Balaban J connectivity index is 2.32. The minimum Gasteiger partial charge on any atom is -0.399 e. The first kappa shape index (κ1) is 13.3. The normalized spacial score (nSPS) is 11.3. The van der Waals surface area contributed by atoms with E-state index < -0.39 is 16.0 Å². The van der Waals surface area contributed by atoms with Crippen LogP contribution in [-0.2, 0) is 10.0 Å². The van der Waals surface area contributed by atoms with E-state index in [-0.39, 0.29) is 10.6 Å². The Bertz CT molecular complexity index is 699. The third kappa shape index (κ3) is 3.00. The smallest absolute Gasteiger partial charge is 0.261 e. The first-order chi connectivity index (χ1) is 8.88. The zero-order valence-electron chi connectivity index (χ0n) is 10.1. The van der Waals surface area contributed by atoms with Gasteiger partial charge in [0.25, 0.3) is 10.0 Å². The third-order valence-corrected chi connectivity index (χ3v) is 3.91. The lowest BCUT2D eigenvalue weighted by Gasteiger charge is -2.09. The van der Waals surface area contributed by atoms with E-state index in [1.54, 1.807) is 6.92 Å². The van der Waals surface area contributed by atoms with Crippen LogP contribution < -0.4 is 10.5 Å². The van der Waals surface area contributed by atoms with Gasteiger partial charge in [-0.2, -0.15) is 4.39 Å². The first-order valence-corrected chi connectivity index (χ1v) is 6.87. The van der Waals surface area contributed by atoms with Gasteiger partial charge in [-0.1, -0.05) is 0 Å². The fraction of sp³-hybridized carbons (Fsp3) is 0.0833. The van der Waals surface area contributed by atoms with Crippen molar-refractivity contribution < 1.29 is 12.8 Å². The summed E-state index contributed by atoms with van der Waals surface area (Å²) in [6.45, 7) is 1.72. The van der Waals surface area contributed by atoms with Crippen LogP contribution in [0.4, 0.5) is 15.8 Å². The second-order valence-electron chi connectivity index (χ2n) is 3.99. The van der Waals surface area contributed by atoms with Crippen LogP contribution in [-0.4, -0.2) is 13.4 Å². The molecule has 5 nitrogen and oxygen atoms in total. The molecule has 2 rings (SSSR count). The number of hydrogen-bond acceptors (Lipinski definition) is 4. The van der Waals surface area contributed by atoms with Crippen LogP contribution in [0.5, 0.6) is 0 Å². The maximum atomic E-state index is 12.6. The predicted octanol–water partition coefficient (Wildman–Crippen LogP) is 1.91. The molecule has 3 N–H and O–H groups in total. The molecule has 0 atom stereocenters. The number of hydrogen-bond donors (Lipinski definition) is 2. The third-order valence-electron chi connectivity index (χ3n) is 2.53. The molecule has 0 unspecified atom stereocenters. The summed E-state index contributed by atoms with van der Waals surface area (Å²) in [6, 6.07) is 6.76. The van der Waals surface area contributed by atoms with Gasteiger partial charge in [0.05, 0.1) is 16.8 Å². The lowest BCUT2D eigenvalue weighted by molar-refractivity contribution is 0.583. The Morgan fingerprint density at radius 2 is 2.00 bits per heavy atom. The molecule has 0 spiro atoms. The van der Waals surface area contributed by atoms with Crippen molar-refractivity contribution in [3.63, 3.8) is 0 Å². The summed E-state index contributed by atoms with van der Waals surface area (Å²) in [5, 5.41) is 0. The highest BCUT2D eigenvalue weighted by Gasteiger charge is 2.15. The standard InChI is InChI=1S/C12H12FN3O2S/c1-8-6-10(3-4-11(8)14)19(17,18)16-9-2-5-12(13)15-7-9/h2-7,16H,14H2,1H3. The predicted molar refractivity (Wildman–Crippen MR) is 70.6 cm³/mol. The lowest BCUT2D eigenvalue weighted by Crippen LogP contribution is -2.13. The summed E-state index contributed by atoms with van der Waals surface area (Å²) < 4.78 is 39.1. The van der Waals surface area contributed by atoms with Crippen molar-refractivity contribution in [3.05, 3.63) is 48.0 Å². The highest BCUT2D eigenvalue weighted by atomic mass is 32.2. The van der Waals surface area contributed by atoms with E-state index in [1.165, 1.54) is 24.3 Å². The quantitative estimate of drug-likeness (QED) is 0.665. The lowest BCUT2D eigenvalue weighted by atomic mass is 10.2. The summed E-state index contributed by atoms with van der Waals surface area (Å²) in [6.07, 6.45) is 1.11. The largest absolute Gasteiger partial charge is 0.399 e. The van der Waals surface area contributed by atoms with Gasteiger partial charge in [-0.05, 0) is 42.8 Å². The van der Waals surface area contributed by atoms with Crippen molar-refractivity contribution in [2.45, 2.75) is 11.8 Å². The Morgan fingerprint density at radius 1 is 1.26 bits per heavy atom. The van der Waals surface area contributed by atoms with Crippen LogP contribution in [0.25, 0.3) is 0 Å². The van der Waals surface area contributed by atoms with E-state index in [0.717, 1.165) is 12.3 Å². The van der Waals surface area contributed by atoms with Crippen LogP contribution in [0.15, 0.2) is 41.4 Å². The number of anilines is 2. The van der Waals surface area contributed by atoms with E-state index in [0.29, 0.717) is 11.3 Å². The SMILES string of the molecule is Cc1cc(S(=O)(=O)Nc2ccc(F)nc2)ccc1N. The van der Waals surface area contributed by atoms with E-state index in [4.69, 9.17) is 5.73 Å². The fourth-order valence-corrected chi connectivity index (χ4v) is 2.59. The molecule has 2 aromatic rings. The van der Waals surface area contributed by atoms with Crippen molar-refractivity contribution in [1.82, 2.24) is 4.98 Å². The van der Waals surface area contributed by atoms with Gasteiger partial charge < -0.3 is 5.73 Å². The van der Waals surface area contributed by atoms with Crippen LogP contribution in [0.2, 0.25) is 0 Å². The molecule has 0 aliphatic carbocycles. The number of benzene rings is 1. The molecule has 0 aliphatic heterocycles. The number of rotatable bonds is 3. The number of aryl methyl sites for hydroxylation is 1. The monoisotopic (exact) mass is 281 g/mol. The average molecular weight is 281 g/mol. The number of nitrogens with two attached hydrogens (primary N) is 1. The molecule has 0 aliphatic rings. The van der Waals surface area contributed by atoms with Crippen molar-refractivity contribution in [2.75, 3.05) is 10.5 Å². The van der Waals surface area contributed by atoms with Gasteiger partial charge in [0.1, 0.15) is 0 Å². The van der Waals surface area contributed by atoms with Gasteiger partial charge in [-0.25, -0.2) is 13.4 Å². The van der Waals surface area contributed by atoms with E-state index >= 15 is 0 Å². The molecule has 0 saturated carbocycles. The van der Waals surface area contributed by atoms with Gasteiger partial charge in [0.2, 0.25) is 5.95 Å². The second kappa shape index (κ2) is 4.85. The Labute approximate surface area is 110 Å². The van der Waals surface area contributed by atoms with Gasteiger partial charge in [0, 0.05) is 5.69 Å². The van der Waals surface area contributed by atoms with E-state index in [2.05, 4.69) is 9.71 Å². The number of nitrogens with zero attached hydrogens (tertiary/aromatic N) is 1. The van der Waals surface area contributed by atoms with Crippen molar-refractivity contribution in [1.29, 1.82) is 0 Å². The zero-order chi connectivity index (χ0) is 14.0. The number of halogens is 1.